The highest BCUT2D eigenvalue weighted by molar-refractivity contribution is 6.30. The molecular formula is C17H21ClN4O3. The summed E-state index contributed by atoms with van der Waals surface area (Å²) in [7, 11) is 0. The van der Waals surface area contributed by atoms with E-state index in [1.807, 2.05) is 12.1 Å². The number of nitrogens with two attached hydrogens (primary N) is 1. The average molecular weight is 365 g/mol. The van der Waals surface area contributed by atoms with Crippen molar-refractivity contribution in [3.8, 4) is 0 Å². The Morgan fingerprint density at radius 3 is 2.64 bits per heavy atom. The molecule has 7 nitrogen and oxygen atoms in total. The van der Waals surface area contributed by atoms with Gasteiger partial charge in [0, 0.05) is 37.5 Å². The van der Waals surface area contributed by atoms with E-state index in [9.17, 15) is 14.4 Å². The van der Waals surface area contributed by atoms with Crippen LogP contribution in [0.1, 0.15) is 12.0 Å². The minimum atomic E-state index is -0.621. The average Bonchev–Trinajstić information content (AvgIpc) is 2.61. The Hall–Kier alpha value is -2.12. The van der Waals surface area contributed by atoms with Crippen LogP contribution in [0.2, 0.25) is 5.02 Å². The zero-order valence-corrected chi connectivity index (χ0v) is 14.5. The number of halogens is 1. The Kier molecular flexibility index (Phi) is 5.24. The third kappa shape index (κ3) is 3.77. The summed E-state index contributed by atoms with van der Waals surface area (Å²) >= 11 is 5.87. The molecule has 2 fully saturated rings. The van der Waals surface area contributed by atoms with Crippen LogP contribution in [0.15, 0.2) is 24.3 Å². The van der Waals surface area contributed by atoms with Gasteiger partial charge in [-0.05, 0) is 17.7 Å². The van der Waals surface area contributed by atoms with Gasteiger partial charge >= 0.3 is 0 Å². The molecule has 2 aliphatic rings. The van der Waals surface area contributed by atoms with Crippen molar-refractivity contribution in [1.82, 2.24) is 15.1 Å². The number of hydrogen-bond donors (Lipinski definition) is 2. The monoisotopic (exact) mass is 364 g/mol. The normalized spacial score (nSPS) is 23.3. The van der Waals surface area contributed by atoms with E-state index in [1.165, 1.54) is 0 Å². The van der Waals surface area contributed by atoms with Gasteiger partial charge in [-0.15, -0.1) is 0 Å². The summed E-state index contributed by atoms with van der Waals surface area (Å²) in [4.78, 5) is 40.4. The molecule has 2 aliphatic heterocycles. The predicted molar refractivity (Wildman–Crippen MR) is 92.8 cm³/mol. The van der Waals surface area contributed by atoms with E-state index in [0.29, 0.717) is 24.5 Å². The maximum absolute atomic E-state index is 12.7. The fourth-order valence-corrected chi connectivity index (χ4v) is 3.43. The van der Waals surface area contributed by atoms with Crippen molar-refractivity contribution >= 4 is 29.3 Å². The topological polar surface area (TPSA) is 95.7 Å². The van der Waals surface area contributed by atoms with Crippen LogP contribution in [0.4, 0.5) is 0 Å². The van der Waals surface area contributed by atoms with Crippen LogP contribution >= 0.6 is 11.6 Å². The van der Waals surface area contributed by atoms with Gasteiger partial charge in [0.2, 0.25) is 17.7 Å². The van der Waals surface area contributed by atoms with E-state index in [4.69, 9.17) is 17.3 Å². The molecule has 134 valence electrons. The molecule has 8 heteroatoms. The number of benzene rings is 1. The molecule has 1 aromatic carbocycles. The first-order chi connectivity index (χ1) is 12.0. The molecule has 2 unspecified atom stereocenters. The lowest BCUT2D eigenvalue weighted by atomic mass is 9.98. The summed E-state index contributed by atoms with van der Waals surface area (Å²) in [5.41, 5.74) is 6.35. The molecule has 3 amide bonds. The molecule has 3 N–H and O–H groups in total. The molecule has 3 rings (SSSR count). The lowest BCUT2D eigenvalue weighted by Gasteiger charge is -2.45. The number of nitrogens with zero attached hydrogens (tertiary/aromatic N) is 2. The van der Waals surface area contributed by atoms with Gasteiger partial charge in [0.15, 0.2) is 0 Å². The second-order valence-corrected chi connectivity index (χ2v) is 6.75. The van der Waals surface area contributed by atoms with Crippen molar-refractivity contribution in [2.75, 3.05) is 26.2 Å². The van der Waals surface area contributed by atoms with Crippen molar-refractivity contribution < 1.29 is 14.4 Å². The summed E-state index contributed by atoms with van der Waals surface area (Å²) in [5.74, 6) is -0.403. The van der Waals surface area contributed by atoms with Gasteiger partial charge in [0.05, 0.1) is 6.54 Å². The minimum Gasteiger partial charge on any atom is -0.342 e. The van der Waals surface area contributed by atoms with Crippen molar-refractivity contribution in [3.63, 3.8) is 0 Å². The maximum atomic E-state index is 12.7. The molecule has 0 radical (unpaired) electrons. The fraction of sp³-hybridized carbons (Fsp3) is 0.471. The largest absolute Gasteiger partial charge is 0.342 e. The van der Waals surface area contributed by atoms with E-state index in [-0.39, 0.29) is 37.2 Å². The first kappa shape index (κ1) is 17.7. The highest BCUT2D eigenvalue weighted by atomic mass is 35.5. The number of nitrogens with one attached hydrogen (secondary N) is 1. The standard InChI is InChI=1S/C17H21ClN4O3/c18-12-3-1-11(2-4-12)9-13-17(25)22-8-7-21(15(23)5-6-19)10-14(22)16(24)20-13/h1-4,13-14H,5-10,19H2,(H,20,24). The second kappa shape index (κ2) is 7.41. The highest BCUT2D eigenvalue weighted by Gasteiger charge is 2.43. The highest BCUT2D eigenvalue weighted by Crippen LogP contribution is 2.19. The SMILES string of the molecule is NCCC(=O)N1CCN2C(=O)C(Cc3ccc(Cl)cc3)NC(=O)C2C1. The minimum absolute atomic E-state index is 0.0781. The molecule has 25 heavy (non-hydrogen) atoms. The summed E-state index contributed by atoms with van der Waals surface area (Å²) < 4.78 is 0. The number of hydrogen-bond acceptors (Lipinski definition) is 4. The smallest absolute Gasteiger partial charge is 0.246 e. The van der Waals surface area contributed by atoms with Gasteiger partial charge in [0.25, 0.3) is 0 Å². The van der Waals surface area contributed by atoms with Gasteiger partial charge in [-0.1, -0.05) is 23.7 Å². The second-order valence-electron chi connectivity index (χ2n) is 6.32. The Balaban J connectivity index is 1.68. The van der Waals surface area contributed by atoms with Crippen LogP contribution in [-0.4, -0.2) is 65.8 Å². The summed E-state index contributed by atoms with van der Waals surface area (Å²) in [5, 5.41) is 3.42. The zero-order chi connectivity index (χ0) is 18.0. The molecule has 1 aromatic rings. The number of piperazine rings is 2. The lowest BCUT2D eigenvalue weighted by molar-refractivity contribution is -0.155. The Morgan fingerprint density at radius 1 is 1.24 bits per heavy atom. The number of rotatable bonds is 4. The van der Waals surface area contributed by atoms with Gasteiger partial charge < -0.3 is 20.9 Å². The van der Waals surface area contributed by atoms with Crippen LogP contribution in [0.3, 0.4) is 0 Å². The zero-order valence-electron chi connectivity index (χ0n) is 13.8. The van der Waals surface area contributed by atoms with E-state index >= 15 is 0 Å². The van der Waals surface area contributed by atoms with Crippen molar-refractivity contribution in [3.05, 3.63) is 34.9 Å². The summed E-state index contributed by atoms with van der Waals surface area (Å²) in [6.07, 6.45) is 0.669. The Bertz CT molecular complexity index is 679. The van der Waals surface area contributed by atoms with Gasteiger partial charge in [0.1, 0.15) is 12.1 Å². The van der Waals surface area contributed by atoms with E-state index in [2.05, 4.69) is 5.32 Å². The quantitative estimate of drug-likeness (QED) is 0.771. The molecular weight excluding hydrogens is 344 g/mol. The first-order valence-electron chi connectivity index (χ1n) is 8.32. The van der Waals surface area contributed by atoms with Gasteiger partial charge in [-0.25, -0.2) is 0 Å². The molecule has 0 spiro atoms. The van der Waals surface area contributed by atoms with Crippen LogP contribution < -0.4 is 11.1 Å². The number of amides is 3. The number of carbonyl (C=O) groups excluding carboxylic acids is 3. The Labute approximate surface area is 151 Å². The molecule has 0 bridgehead atoms. The molecule has 0 aromatic heterocycles. The van der Waals surface area contributed by atoms with Crippen molar-refractivity contribution in [2.24, 2.45) is 5.73 Å². The van der Waals surface area contributed by atoms with Crippen molar-refractivity contribution in [2.45, 2.75) is 24.9 Å². The number of fused-ring (bicyclic) bond motifs is 1. The van der Waals surface area contributed by atoms with Crippen LogP contribution in [0.25, 0.3) is 0 Å². The van der Waals surface area contributed by atoms with Gasteiger partial charge in [-0.3, -0.25) is 14.4 Å². The molecule has 0 aliphatic carbocycles. The predicted octanol–water partition coefficient (Wildman–Crippen LogP) is -0.231. The third-order valence-corrected chi connectivity index (χ3v) is 4.90. The molecule has 2 heterocycles. The maximum Gasteiger partial charge on any atom is 0.246 e. The van der Waals surface area contributed by atoms with E-state index < -0.39 is 12.1 Å². The molecule has 2 saturated heterocycles. The number of carbonyl (C=O) groups is 3. The van der Waals surface area contributed by atoms with E-state index in [0.717, 1.165) is 5.56 Å². The van der Waals surface area contributed by atoms with Crippen LogP contribution in [0, 0.1) is 0 Å². The molecule has 0 saturated carbocycles. The Morgan fingerprint density at radius 2 is 1.96 bits per heavy atom. The summed E-state index contributed by atoms with van der Waals surface area (Å²) in [6.45, 7) is 1.30. The lowest BCUT2D eigenvalue weighted by Crippen LogP contribution is -2.70. The molecule has 2 atom stereocenters. The summed E-state index contributed by atoms with van der Waals surface area (Å²) in [6, 6.07) is 6.00. The fourth-order valence-electron chi connectivity index (χ4n) is 3.30. The van der Waals surface area contributed by atoms with E-state index in [1.54, 1.807) is 21.9 Å². The van der Waals surface area contributed by atoms with Crippen molar-refractivity contribution in [1.29, 1.82) is 0 Å². The van der Waals surface area contributed by atoms with Crippen LogP contribution in [0.5, 0.6) is 0 Å². The first-order valence-corrected chi connectivity index (χ1v) is 8.70. The third-order valence-electron chi connectivity index (χ3n) is 4.64. The van der Waals surface area contributed by atoms with Crippen LogP contribution in [-0.2, 0) is 20.8 Å². The van der Waals surface area contributed by atoms with Gasteiger partial charge in [-0.2, -0.15) is 0 Å².